The van der Waals surface area contributed by atoms with Crippen molar-refractivity contribution in [1.29, 1.82) is 0 Å². The molecular formula is C19H26N4O4S. The van der Waals surface area contributed by atoms with Gasteiger partial charge in [-0.15, -0.1) is 0 Å². The van der Waals surface area contributed by atoms with Crippen LogP contribution in [0.3, 0.4) is 0 Å². The molecule has 2 aliphatic rings. The van der Waals surface area contributed by atoms with Crippen LogP contribution >= 0.6 is 0 Å². The highest BCUT2D eigenvalue weighted by molar-refractivity contribution is 7.91. The fourth-order valence-electron chi connectivity index (χ4n) is 4.09. The van der Waals surface area contributed by atoms with E-state index in [4.69, 9.17) is 4.52 Å². The quantitative estimate of drug-likeness (QED) is 0.765. The molecule has 0 radical (unpaired) electrons. The summed E-state index contributed by atoms with van der Waals surface area (Å²) < 4.78 is 28.5. The molecule has 0 aromatic carbocycles. The van der Waals surface area contributed by atoms with Gasteiger partial charge in [0.05, 0.1) is 28.1 Å². The van der Waals surface area contributed by atoms with Crippen LogP contribution in [-0.4, -0.2) is 78.0 Å². The third-order valence-electron chi connectivity index (χ3n) is 5.80. The first-order valence-electron chi connectivity index (χ1n) is 9.83. The first-order valence-corrected chi connectivity index (χ1v) is 11.7. The van der Waals surface area contributed by atoms with Gasteiger partial charge in [0.2, 0.25) is 0 Å². The van der Waals surface area contributed by atoms with E-state index in [1.807, 2.05) is 24.8 Å². The Labute approximate surface area is 164 Å². The molecule has 1 amide bonds. The van der Waals surface area contributed by atoms with Gasteiger partial charge < -0.3 is 9.42 Å². The first-order chi connectivity index (χ1) is 13.3. The SMILES string of the molecule is CC(C)c1noc2ncc(C(=O)N3CCC(N4CCS(=O)(=O)CC4)CC3)cc12. The highest BCUT2D eigenvalue weighted by atomic mass is 32.2. The standard InChI is InChI=1S/C19H26N4O4S/c1-13(2)17-16-11-14(12-20-18(16)27-21-17)19(24)23-5-3-15(4-6-23)22-7-9-28(25,26)10-8-22/h11-13,15H,3-10H2,1-2H3. The summed E-state index contributed by atoms with van der Waals surface area (Å²) >= 11 is 0. The number of carbonyl (C=O) groups is 1. The minimum atomic E-state index is -2.86. The van der Waals surface area contributed by atoms with Crippen LogP contribution in [0, 0.1) is 0 Å². The number of fused-ring (bicyclic) bond motifs is 1. The van der Waals surface area contributed by atoms with Crippen molar-refractivity contribution < 1.29 is 17.7 Å². The van der Waals surface area contributed by atoms with Gasteiger partial charge in [-0.05, 0) is 24.8 Å². The molecule has 0 N–H and O–H groups in total. The second-order valence-corrected chi connectivity index (χ2v) is 10.3. The van der Waals surface area contributed by atoms with Crippen LogP contribution in [0.15, 0.2) is 16.8 Å². The Morgan fingerprint density at radius 3 is 2.50 bits per heavy atom. The van der Waals surface area contributed by atoms with E-state index in [0.717, 1.165) is 23.9 Å². The molecule has 0 atom stereocenters. The average molecular weight is 407 g/mol. The van der Waals surface area contributed by atoms with Crippen LogP contribution in [0.5, 0.6) is 0 Å². The van der Waals surface area contributed by atoms with E-state index in [1.165, 1.54) is 0 Å². The number of aromatic nitrogens is 2. The smallest absolute Gasteiger partial charge is 0.257 e. The van der Waals surface area contributed by atoms with E-state index in [-0.39, 0.29) is 23.3 Å². The van der Waals surface area contributed by atoms with Gasteiger partial charge in [0, 0.05) is 38.4 Å². The predicted molar refractivity (Wildman–Crippen MR) is 105 cm³/mol. The fraction of sp³-hybridized carbons (Fsp3) is 0.632. The van der Waals surface area contributed by atoms with Crippen molar-refractivity contribution in [3.05, 3.63) is 23.5 Å². The minimum absolute atomic E-state index is 0.0232. The van der Waals surface area contributed by atoms with Crippen molar-refractivity contribution >= 4 is 26.8 Å². The zero-order valence-electron chi connectivity index (χ0n) is 16.3. The lowest BCUT2D eigenvalue weighted by Crippen LogP contribution is -2.51. The molecule has 0 bridgehead atoms. The molecule has 0 unspecified atom stereocenters. The van der Waals surface area contributed by atoms with E-state index >= 15 is 0 Å². The van der Waals surface area contributed by atoms with Gasteiger partial charge in [0.15, 0.2) is 9.84 Å². The van der Waals surface area contributed by atoms with E-state index in [9.17, 15) is 13.2 Å². The lowest BCUT2D eigenvalue weighted by molar-refractivity contribution is 0.0629. The molecule has 0 spiro atoms. The number of carbonyl (C=O) groups excluding carboxylic acids is 1. The molecule has 9 heteroatoms. The monoisotopic (exact) mass is 406 g/mol. The number of rotatable bonds is 3. The third kappa shape index (κ3) is 3.77. The lowest BCUT2D eigenvalue weighted by atomic mass is 10.0. The van der Waals surface area contributed by atoms with Gasteiger partial charge in [0.25, 0.3) is 11.6 Å². The summed E-state index contributed by atoms with van der Waals surface area (Å²) in [5.74, 6) is 0.659. The van der Waals surface area contributed by atoms with Gasteiger partial charge in [-0.1, -0.05) is 19.0 Å². The summed E-state index contributed by atoms with van der Waals surface area (Å²) in [6.45, 7) is 6.61. The van der Waals surface area contributed by atoms with Gasteiger partial charge in [-0.3, -0.25) is 9.69 Å². The number of pyridine rings is 1. The molecule has 8 nitrogen and oxygen atoms in total. The van der Waals surface area contributed by atoms with Crippen LogP contribution < -0.4 is 0 Å². The number of piperidine rings is 1. The highest BCUT2D eigenvalue weighted by Gasteiger charge is 2.31. The normalized spacial score (nSPS) is 21.5. The molecule has 2 aliphatic heterocycles. The van der Waals surface area contributed by atoms with Crippen molar-refractivity contribution in [3.63, 3.8) is 0 Å². The van der Waals surface area contributed by atoms with Crippen LogP contribution in [0.4, 0.5) is 0 Å². The molecule has 28 heavy (non-hydrogen) atoms. The molecule has 4 heterocycles. The second kappa shape index (κ2) is 7.44. The Morgan fingerprint density at radius 2 is 1.86 bits per heavy atom. The molecule has 4 rings (SSSR count). The van der Waals surface area contributed by atoms with Gasteiger partial charge in [-0.2, -0.15) is 0 Å². The van der Waals surface area contributed by atoms with E-state index in [0.29, 0.717) is 43.5 Å². The van der Waals surface area contributed by atoms with Crippen LogP contribution in [0.25, 0.3) is 11.1 Å². The molecule has 0 saturated carbocycles. The zero-order chi connectivity index (χ0) is 19.9. The maximum Gasteiger partial charge on any atom is 0.257 e. The first kappa shape index (κ1) is 19.3. The number of nitrogens with zero attached hydrogens (tertiary/aromatic N) is 4. The van der Waals surface area contributed by atoms with Gasteiger partial charge >= 0.3 is 0 Å². The summed E-state index contributed by atoms with van der Waals surface area (Å²) in [7, 11) is -2.86. The average Bonchev–Trinajstić information content (AvgIpc) is 3.11. The Balaban J connectivity index is 1.41. The van der Waals surface area contributed by atoms with Crippen molar-refractivity contribution in [2.75, 3.05) is 37.7 Å². The van der Waals surface area contributed by atoms with E-state index in [1.54, 1.807) is 6.20 Å². The van der Waals surface area contributed by atoms with Crippen LogP contribution in [0.2, 0.25) is 0 Å². The zero-order valence-corrected chi connectivity index (χ0v) is 17.1. The molecule has 0 aliphatic carbocycles. The fourth-order valence-corrected chi connectivity index (χ4v) is 5.32. The largest absolute Gasteiger partial charge is 0.338 e. The van der Waals surface area contributed by atoms with Gasteiger partial charge in [0.1, 0.15) is 0 Å². The molecule has 2 aromatic rings. The minimum Gasteiger partial charge on any atom is -0.338 e. The summed E-state index contributed by atoms with van der Waals surface area (Å²) in [4.78, 5) is 21.3. The van der Waals surface area contributed by atoms with Crippen LogP contribution in [0.1, 0.15) is 48.7 Å². The summed E-state index contributed by atoms with van der Waals surface area (Å²) in [6.07, 6.45) is 3.29. The highest BCUT2D eigenvalue weighted by Crippen LogP contribution is 2.25. The Bertz CT molecular complexity index is 963. The van der Waals surface area contributed by atoms with Crippen LogP contribution in [-0.2, 0) is 9.84 Å². The maximum atomic E-state index is 13.0. The summed E-state index contributed by atoms with van der Waals surface area (Å²) in [6, 6.07) is 2.18. The number of hydrogen-bond donors (Lipinski definition) is 0. The maximum absolute atomic E-state index is 13.0. The molecule has 2 fully saturated rings. The second-order valence-electron chi connectivity index (χ2n) is 8.01. The van der Waals surface area contributed by atoms with Gasteiger partial charge in [-0.25, -0.2) is 13.4 Å². The number of sulfone groups is 1. The van der Waals surface area contributed by atoms with Crippen molar-refractivity contribution in [2.45, 2.75) is 38.6 Å². The number of amides is 1. The van der Waals surface area contributed by atoms with Crippen molar-refractivity contribution in [2.24, 2.45) is 0 Å². The molecule has 2 aromatic heterocycles. The van der Waals surface area contributed by atoms with Crippen molar-refractivity contribution in [1.82, 2.24) is 19.9 Å². The number of likely N-dealkylation sites (tertiary alicyclic amines) is 1. The Hall–Kier alpha value is -2.00. The topological polar surface area (TPSA) is 96.6 Å². The molecule has 2 saturated heterocycles. The lowest BCUT2D eigenvalue weighted by Gasteiger charge is -2.40. The molecular weight excluding hydrogens is 380 g/mol. The summed E-state index contributed by atoms with van der Waals surface area (Å²) in [5, 5.41) is 4.87. The van der Waals surface area contributed by atoms with E-state index < -0.39 is 9.84 Å². The van der Waals surface area contributed by atoms with Crippen molar-refractivity contribution in [3.8, 4) is 0 Å². The third-order valence-corrected chi connectivity index (χ3v) is 7.41. The Morgan fingerprint density at radius 1 is 1.18 bits per heavy atom. The van der Waals surface area contributed by atoms with E-state index in [2.05, 4.69) is 15.0 Å². The summed E-state index contributed by atoms with van der Waals surface area (Å²) in [5.41, 5.74) is 1.83. The molecule has 152 valence electrons. The predicted octanol–water partition coefficient (Wildman–Crippen LogP) is 1.68. The Kier molecular flexibility index (Phi) is 5.13. The number of hydrogen-bond acceptors (Lipinski definition) is 7.